The van der Waals surface area contributed by atoms with E-state index in [1.807, 2.05) is 22.6 Å². The van der Waals surface area contributed by atoms with Gasteiger partial charge in [-0.2, -0.15) is 0 Å². The SMILES string of the molecule is Cc1cc(C(C)N2CCC(C(=O)N3CCC(n4c(=O)n(CCN5CCOCC5)c5cc(F)ccc54)CC3)CC2)ccn1. The van der Waals surface area contributed by atoms with Gasteiger partial charge in [-0.3, -0.25) is 28.7 Å². The molecule has 0 radical (unpaired) electrons. The Morgan fingerprint density at radius 1 is 0.976 bits per heavy atom. The molecule has 2 aromatic heterocycles. The van der Waals surface area contributed by atoms with E-state index in [4.69, 9.17) is 4.74 Å². The van der Waals surface area contributed by atoms with Crippen LogP contribution in [0.25, 0.3) is 11.0 Å². The maximum atomic E-state index is 14.3. The smallest absolute Gasteiger partial charge is 0.329 e. The number of rotatable bonds is 7. The van der Waals surface area contributed by atoms with Crippen LogP contribution >= 0.6 is 0 Å². The van der Waals surface area contributed by atoms with E-state index >= 15 is 0 Å². The monoisotopic (exact) mass is 578 g/mol. The minimum Gasteiger partial charge on any atom is -0.379 e. The van der Waals surface area contributed by atoms with E-state index in [1.165, 1.54) is 17.7 Å². The molecule has 5 heterocycles. The van der Waals surface area contributed by atoms with E-state index < -0.39 is 0 Å². The van der Waals surface area contributed by atoms with Crippen molar-refractivity contribution in [3.63, 3.8) is 0 Å². The van der Waals surface area contributed by atoms with Crippen LogP contribution in [0, 0.1) is 18.7 Å². The minimum atomic E-state index is -0.337. The number of carbonyl (C=O) groups excluding carboxylic acids is 1. The van der Waals surface area contributed by atoms with Gasteiger partial charge < -0.3 is 9.64 Å². The molecule has 42 heavy (non-hydrogen) atoms. The van der Waals surface area contributed by atoms with Gasteiger partial charge in [0, 0.05) is 69.2 Å². The van der Waals surface area contributed by atoms with E-state index in [-0.39, 0.29) is 29.4 Å². The largest absolute Gasteiger partial charge is 0.379 e. The number of hydrogen-bond acceptors (Lipinski definition) is 6. The van der Waals surface area contributed by atoms with Crippen molar-refractivity contribution < 1.29 is 13.9 Å². The van der Waals surface area contributed by atoms with Gasteiger partial charge in [0.25, 0.3) is 0 Å². The number of aryl methyl sites for hydroxylation is 1. The summed E-state index contributed by atoms with van der Waals surface area (Å²) >= 11 is 0. The first-order valence-electron chi connectivity index (χ1n) is 15.5. The first-order chi connectivity index (χ1) is 20.4. The van der Waals surface area contributed by atoms with Crippen molar-refractivity contribution in [1.29, 1.82) is 0 Å². The molecule has 3 fully saturated rings. The summed E-state index contributed by atoms with van der Waals surface area (Å²) in [6.07, 6.45) is 5.06. The van der Waals surface area contributed by atoms with E-state index in [0.717, 1.165) is 69.6 Å². The number of carbonyl (C=O) groups is 1. The number of ether oxygens (including phenoxy) is 1. The van der Waals surface area contributed by atoms with E-state index in [9.17, 15) is 14.0 Å². The highest BCUT2D eigenvalue weighted by atomic mass is 19.1. The third-order valence-corrected chi connectivity index (χ3v) is 9.64. The quantitative estimate of drug-likeness (QED) is 0.427. The van der Waals surface area contributed by atoms with Gasteiger partial charge in [-0.25, -0.2) is 9.18 Å². The molecule has 1 unspecified atom stereocenters. The van der Waals surface area contributed by atoms with Crippen LogP contribution in [0.5, 0.6) is 0 Å². The summed E-state index contributed by atoms with van der Waals surface area (Å²) in [5.41, 5.74) is 3.64. The van der Waals surface area contributed by atoms with Crippen LogP contribution in [0.15, 0.2) is 41.3 Å². The van der Waals surface area contributed by atoms with Gasteiger partial charge >= 0.3 is 5.69 Å². The number of nitrogens with zero attached hydrogens (tertiary/aromatic N) is 6. The highest BCUT2D eigenvalue weighted by Gasteiger charge is 2.33. The molecule has 0 spiro atoms. The number of halogens is 1. The number of piperidine rings is 2. The molecule has 0 N–H and O–H groups in total. The molecule has 1 amide bonds. The number of hydrogen-bond donors (Lipinski definition) is 0. The fourth-order valence-electron chi connectivity index (χ4n) is 7.06. The summed E-state index contributed by atoms with van der Waals surface area (Å²) in [5.74, 6) is -0.0311. The van der Waals surface area contributed by atoms with Crippen molar-refractivity contribution in [2.75, 3.05) is 59.0 Å². The zero-order valence-electron chi connectivity index (χ0n) is 24.9. The second kappa shape index (κ2) is 12.7. The zero-order chi connectivity index (χ0) is 29.2. The summed E-state index contributed by atoms with van der Waals surface area (Å²) in [7, 11) is 0. The lowest BCUT2D eigenvalue weighted by molar-refractivity contribution is -0.138. The molecule has 0 bridgehead atoms. The Morgan fingerprint density at radius 3 is 2.43 bits per heavy atom. The first kappa shape index (κ1) is 29.0. The maximum Gasteiger partial charge on any atom is 0.329 e. The van der Waals surface area contributed by atoms with Gasteiger partial charge in [-0.1, -0.05) is 0 Å². The highest BCUT2D eigenvalue weighted by molar-refractivity contribution is 5.79. The van der Waals surface area contributed by atoms with Crippen LogP contribution < -0.4 is 5.69 Å². The van der Waals surface area contributed by atoms with Crippen molar-refractivity contribution in [3.8, 4) is 0 Å². The lowest BCUT2D eigenvalue weighted by atomic mass is 9.92. The Hall–Kier alpha value is -3.08. The number of pyridine rings is 1. The van der Waals surface area contributed by atoms with Crippen LogP contribution in [-0.2, 0) is 16.1 Å². The van der Waals surface area contributed by atoms with E-state index in [2.05, 4.69) is 33.8 Å². The average molecular weight is 579 g/mol. The van der Waals surface area contributed by atoms with Crippen molar-refractivity contribution in [3.05, 3.63) is 64.1 Å². The predicted molar refractivity (Wildman–Crippen MR) is 160 cm³/mol. The van der Waals surface area contributed by atoms with Crippen LogP contribution in [0.3, 0.4) is 0 Å². The predicted octanol–water partition coefficient (Wildman–Crippen LogP) is 3.61. The number of fused-ring (bicyclic) bond motifs is 1. The third kappa shape index (κ3) is 6.02. The number of amides is 1. The number of benzene rings is 1. The Kier molecular flexibility index (Phi) is 8.74. The molecule has 0 saturated carbocycles. The lowest BCUT2D eigenvalue weighted by Gasteiger charge is -2.39. The first-order valence-corrected chi connectivity index (χ1v) is 15.5. The lowest BCUT2D eigenvalue weighted by Crippen LogP contribution is -2.46. The minimum absolute atomic E-state index is 0.00864. The van der Waals surface area contributed by atoms with Crippen LogP contribution in [0.4, 0.5) is 4.39 Å². The van der Waals surface area contributed by atoms with Gasteiger partial charge in [-0.05, 0) is 88.5 Å². The molecule has 9 nitrogen and oxygen atoms in total. The van der Waals surface area contributed by atoms with Crippen molar-refractivity contribution in [2.24, 2.45) is 5.92 Å². The van der Waals surface area contributed by atoms with Crippen LogP contribution in [-0.4, -0.2) is 93.8 Å². The van der Waals surface area contributed by atoms with Gasteiger partial charge in [-0.15, -0.1) is 0 Å². The summed E-state index contributed by atoms with van der Waals surface area (Å²) in [6, 6.07) is 9.18. The molecule has 6 rings (SSSR count). The summed E-state index contributed by atoms with van der Waals surface area (Å²) < 4.78 is 23.3. The van der Waals surface area contributed by atoms with Gasteiger partial charge in [0.1, 0.15) is 5.82 Å². The molecule has 3 aliphatic heterocycles. The highest BCUT2D eigenvalue weighted by Crippen LogP contribution is 2.31. The molecule has 3 aromatic rings. The summed E-state index contributed by atoms with van der Waals surface area (Å²) in [6.45, 7) is 11.7. The Balaban J connectivity index is 1.08. The van der Waals surface area contributed by atoms with Crippen molar-refractivity contribution in [2.45, 2.75) is 58.2 Å². The third-order valence-electron chi connectivity index (χ3n) is 9.64. The number of likely N-dealkylation sites (tertiary alicyclic amines) is 2. The second-order valence-corrected chi connectivity index (χ2v) is 12.2. The van der Waals surface area contributed by atoms with Crippen molar-refractivity contribution in [1.82, 2.24) is 28.8 Å². The molecule has 1 aromatic carbocycles. The van der Waals surface area contributed by atoms with Crippen molar-refractivity contribution >= 4 is 16.9 Å². The van der Waals surface area contributed by atoms with Gasteiger partial charge in [0.15, 0.2) is 0 Å². The normalized spacial score (nSPS) is 20.8. The average Bonchev–Trinajstić information content (AvgIpc) is 3.29. The second-order valence-electron chi connectivity index (χ2n) is 12.2. The molecule has 3 saturated heterocycles. The van der Waals surface area contributed by atoms with E-state index in [1.54, 1.807) is 10.6 Å². The summed E-state index contributed by atoms with van der Waals surface area (Å²) in [4.78, 5) is 38.3. The molecule has 10 heteroatoms. The fourth-order valence-corrected chi connectivity index (χ4v) is 7.06. The Morgan fingerprint density at radius 2 is 1.71 bits per heavy atom. The number of aromatic nitrogens is 3. The zero-order valence-corrected chi connectivity index (χ0v) is 24.9. The molecular formula is C32H43FN6O3. The molecular weight excluding hydrogens is 535 g/mol. The topological polar surface area (TPSA) is 75.8 Å². The molecule has 3 aliphatic rings. The van der Waals surface area contributed by atoms with E-state index in [0.29, 0.717) is 44.4 Å². The molecule has 1 atom stereocenters. The number of morpholine rings is 1. The summed E-state index contributed by atoms with van der Waals surface area (Å²) in [5, 5.41) is 0. The van der Waals surface area contributed by atoms with Crippen LogP contribution in [0.1, 0.15) is 55.9 Å². The maximum absolute atomic E-state index is 14.3. The Labute approximate surface area is 246 Å². The van der Waals surface area contributed by atoms with Gasteiger partial charge in [0.2, 0.25) is 5.91 Å². The van der Waals surface area contributed by atoms with Gasteiger partial charge in [0.05, 0.1) is 24.2 Å². The number of imidazole rings is 1. The Bertz CT molecular complexity index is 1450. The standard InChI is InChI=1S/C32H43FN6O3/c1-23-21-26(5-10-34-23)24(2)36-11-6-25(7-12-36)31(40)37-13-8-28(9-14-37)39-29-4-3-27(33)22-30(29)38(32(39)41)16-15-35-17-19-42-20-18-35/h3-5,10,21-22,24-25,28H,6-9,11-20H2,1-2H3. The fraction of sp³-hybridized carbons (Fsp3) is 0.594. The molecule has 0 aliphatic carbocycles. The molecule has 226 valence electrons. The van der Waals surface area contributed by atoms with Crippen LogP contribution in [0.2, 0.25) is 0 Å².